The smallest absolute Gasteiger partial charge is 0.401 e. The van der Waals surface area contributed by atoms with Crippen LogP contribution in [0.15, 0.2) is 66.9 Å². The third-order valence-corrected chi connectivity index (χ3v) is 9.12. The molecule has 20 nitrogen and oxygen atoms in total. The molecule has 3 heterocycles. The summed E-state index contributed by atoms with van der Waals surface area (Å²) in [6.07, 6.45) is -5.73. The Labute approximate surface area is 336 Å². The van der Waals surface area contributed by atoms with E-state index in [4.69, 9.17) is 23.7 Å². The molecule has 0 radical (unpaired) electrons. The number of aliphatic hydroxyl groups is 3. The van der Waals surface area contributed by atoms with Gasteiger partial charge < -0.3 is 59.9 Å². The van der Waals surface area contributed by atoms with Crippen molar-refractivity contribution in [2.45, 2.75) is 50.1 Å². The molecule has 7 N–H and O–H groups in total. The van der Waals surface area contributed by atoms with Gasteiger partial charge in [-0.05, 0) is 29.7 Å². The summed E-state index contributed by atoms with van der Waals surface area (Å²) in [5, 5.41) is 56.9. The number of amides is 4. The van der Waals surface area contributed by atoms with Crippen molar-refractivity contribution in [3.63, 3.8) is 0 Å². The molecule has 2 aromatic carbocycles. The van der Waals surface area contributed by atoms with Crippen molar-refractivity contribution in [1.82, 2.24) is 10.2 Å². The SMILES string of the molecule is O=C(CCOCCOCCOCCN1C(=O)C=CC1=O)NCCC(=O)Nc1cc(C[n+]2ccc3ccccc3c2C(=O)O)ccc1O[C@@H]1O[C@H](C(=O)O)[C@@H](O)[C@H](O)[C@H]1O. The van der Waals surface area contributed by atoms with Crippen LogP contribution < -0.4 is 19.9 Å². The van der Waals surface area contributed by atoms with E-state index in [-0.39, 0.29) is 107 Å². The van der Waals surface area contributed by atoms with Gasteiger partial charge in [-0.25, -0.2) is 9.59 Å². The second-order valence-corrected chi connectivity index (χ2v) is 13.3. The highest BCUT2D eigenvalue weighted by atomic mass is 16.7. The molecule has 0 aliphatic carbocycles. The van der Waals surface area contributed by atoms with Crippen molar-refractivity contribution < 1.29 is 82.6 Å². The largest absolute Gasteiger partial charge is 0.479 e. The number of carboxylic acid groups (broad SMARTS) is 2. The number of pyridine rings is 1. The minimum Gasteiger partial charge on any atom is -0.479 e. The maximum atomic E-state index is 13.1. The molecule has 1 saturated heterocycles. The molecular weight excluding hydrogens is 780 g/mol. The lowest BCUT2D eigenvalue weighted by Crippen LogP contribution is -2.61. The van der Waals surface area contributed by atoms with Crippen molar-refractivity contribution in [3.05, 3.63) is 78.1 Å². The Morgan fingerprint density at radius 2 is 1.46 bits per heavy atom. The van der Waals surface area contributed by atoms with E-state index in [0.29, 0.717) is 16.3 Å². The number of fused-ring (bicyclic) bond motifs is 1. The summed E-state index contributed by atoms with van der Waals surface area (Å²) in [7, 11) is 0. The van der Waals surface area contributed by atoms with Gasteiger partial charge in [0.15, 0.2) is 18.8 Å². The monoisotopic (exact) mass is 825 g/mol. The van der Waals surface area contributed by atoms with Crippen LogP contribution in [0.4, 0.5) is 5.69 Å². The van der Waals surface area contributed by atoms with Gasteiger partial charge >= 0.3 is 11.9 Å². The lowest BCUT2D eigenvalue weighted by atomic mass is 9.99. The second kappa shape index (κ2) is 21.2. The fourth-order valence-electron chi connectivity index (χ4n) is 6.11. The Balaban J connectivity index is 1.11. The number of nitrogens with one attached hydrogen (secondary N) is 2. The first-order valence-electron chi connectivity index (χ1n) is 18.5. The number of carbonyl (C=O) groups excluding carboxylic acids is 4. The second-order valence-electron chi connectivity index (χ2n) is 13.3. The van der Waals surface area contributed by atoms with E-state index in [1.165, 1.54) is 28.9 Å². The molecule has 0 spiro atoms. The molecule has 5 atom stereocenters. The normalized spacial score (nSPS) is 20.2. The minimum absolute atomic E-state index is 0.0000683. The summed E-state index contributed by atoms with van der Waals surface area (Å²) in [5.74, 6) is -4.64. The van der Waals surface area contributed by atoms with Crippen LogP contribution in [-0.4, -0.2) is 149 Å². The summed E-state index contributed by atoms with van der Waals surface area (Å²) < 4.78 is 28.7. The van der Waals surface area contributed by atoms with Gasteiger partial charge in [-0.1, -0.05) is 18.2 Å². The number of hydrogen-bond acceptors (Lipinski definition) is 14. The quantitative estimate of drug-likeness (QED) is 0.0362. The number of imide groups is 1. The average Bonchev–Trinajstić information content (AvgIpc) is 3.53. The first kappa shape index (κ1) is 44.2. The van der Waals surface area contributed by atoms with Crippen molar-refractivity contribution >= 4 is 52.0 Å². The number of benzene rings is 2. The molecule has 4 amide bonds. The molecule has 316 valence electrons. The van der Waals surface area contributed by atoms with Crippen LogP contribution >= 0.6 is 0 Å². The number of aliphatic hydroxyl groups excluding tert-OH is 3. The number of aliphatic carboxylic acids is 1. The molecular formula is C39H45N4O16+. The maximum absolute atomic E-state index is 13.1. The highest BCUT2D eigenvalue weighted by Gasteiger charge is 2.48. The standard InChI is InChI=1S/C39H44N4O16/c44-28(11-15-55-17-19-57-20-18-56-16-14-43-30(46)7-8-31(43)47)40-12-9-29(45)41-26-21-23(22-42-13-10-24-3-1-2-4-25(24)32(42)37(51)52)5-6-27(26)58-39-35(50)33(48)34(49)36(59-39)38(53)54/h1-8,10,13,21,33-36,39,48-50H,9,11-12,14-20,22H2,(H3-,40,41,44,45,51,52,53,54)/p+1/t33-,34-,35+,36-,39+/m0/s1. The summed E-state index contributed by atoms with van der Waals surface area (Å²) in [6, 6.07) is 13.1. The molecule has 1 fully saturated rings. The Morgan fingerprint density at radius 3 is 2.15 bits per heavy atom. The number of rotatable bonds is 22. The summed E-state index contributed by atoms with van der Waals surface area (Å²) in [5.41, 5.74) is 0.518. The van der Waals surface area contributed by atoms with E-state index in [9.17, 15) is 54.3 Å². The van der Waals surface area contributed by atoms with Gasteiger partial charge in [0.2, 0.25) is 18.1 Å². The highest BCUT2D eigenvalue weighted by molar-refractivity contribution is 6.12. The maximum Gasteiger partial charge on any atom is 0.401 e. The number of carbonyl (C=O) groups is 6. The lowest BCUT2D eigenvalue weighted by molar-refractivity contribution is -0.689. The summed E-state index contributed by atoms with van der Waals surface area (Å²) >= 11 is 0. The highest BCUT2D eigenvalue weighted by Crippen LogP contribution is 2.31. The van der Waals surface area contributed by atoms with Crippen molar-refractivity contribution in [1.29, 1.82) is 0 Å². The molecule has 5 rings (SSSR count). The van der Waals surface area contributed by atoms with Gasteiger partial charge in [0, 0.05) is 43.2 Å². The van der Waals surface area contributed by atoms with Crippen molar-refractivity contribution in [2.75, 3.05) is 58.0 Å². The Hall–Kier alpha value is -5.87. The van der Waals surface area contributed by atoms with Gasteiger partial charge in [0.05, 0.1) is 57.3 Å². The Kier molecular flexibility index (Phi) is 15.9. The van der Waals surface area contributed by atoms with Gasteiger partial charge in [-0.2, -0.15) is 4.57 Å². The number of aromatic nitrogens is 1. The first-order valence-corrected chi connectivity index (χ1v) is 18.5. The molecule has 0 bridgehead atoms. The van der Waals surface area contributed by atoms with Crippen LogP contribution in [0.3, 0.4) is 0 Å². The fraction of sp³-hybridized carbons (Fsp3) is 0.410. The van der Waals surface area contributed by atoms with Crippen LogP contribution in [0, 0.1) is 0 Å². The number of anilines is 1. The zero-order valence-electron chi connectivity index (χ0n) is 31.6. The topological polar surface area (TPSA) is 281 Å². The van der Waals surface area contributed by atoms with Crippen LogP contribution in [0.25, 0.3) is 10.8 Å². The molecule has 2 aliphatic heterocycles. The van der Waals surface area contributed by atoms with E-state index >= 15 is 0 Å². The van der Waals surface area contributed by atoms with Crippen LogP contribution in [-0.2, 0) is 49.5 Å². The fourth-order valence-corrected chi connectivity index (χ4v) is 6.11. The Bertz CT molecular complexity index is 2020. The molecule has 20 heteroatoms. The zero-order valence-corrected chi connectivity index (χ0v) is 31.6. The predicted molar refractivity (Wildman–Crippen MR) is 201 cm³/mol. The first-order chi connectivity index (χ1) is 28.3. The number of hydrogen-bond donors (Lipinski definition) is 7. The van der Waals surface area contributed by atoms with E-state index < -0.39 is 48.6 Å². The molecule has 0 unspecified atom stereocenters. The minimum atomic E-state index is -1.96. The Morgan fingerprint density at radius 1 is 0.780 bits per heavy atom. The third-order valence-electron chi connectivity index (χ3n) is 9.12. The van der Waals surface area contributed by atoms with E-state index in [1.54, 1.807) is 42.6 Å². The van der Waals surface area contributed by atoms with Crippen molar-refractivity contribution in [2.24, 2.45) is 0 Å². The molecule has 59 heavy (non-hydrogen) atoms. The number of carboxylic acids is 2. The van der Waals surface area contributed by atoms with Gasteiger partial charge in [0.1, 0.15) is 24.1 Å². The lowest BCUT2D eigenvalue weighted by Gasteiger charge is -2.38. The average molecular weight is 826 g/mol. The summed E-state index contributed by atoms with van der Waals surface area (Å²) in [4.78, 5) is 73.5. The predicted octanol–water partition coefficient (Wildman–Crippen LogP) is -1.05. The van der Waals surface area contributed by atoms with Crippen LogP contribution in [0.2, 0.25) is 0 Å². The molecule has 2 aliphatic rings. The summed E-state index contributed by atoms with van der Waals surface area (Å²) in [6.45, 7) is 1.31. The van der Waals surface area contributed by atoms with Gasteiger partial charge in [0.25, 0.3) is 17.5 Å². The number of aromatic carboxylic acids is 1. The van der Waals surface area contributed by atoms with Gasteiger partial charge in [-0.3, -0.25) is 24.1 Å². The van der Waals surface area contributed by atoms with Crippen LogP contribution in [0.1, 0.15) is 28.9 Å². The van der Waals surface area contributed by atoms with Crippen LogP contribution in [0.5, 0.6) is 5.75 Å². The number of ether oxygens (including phenoxy) is 5. The van der Waals surface area contributed by atoms with Crippen molar-refractivity contribution in [3.8, 4) is 5.75 Å². The molecule has 3 aromatic rings. The zero-order chi connectivity index (χ0) is 42.5. The van der Waals surface area contributed by atoms with E-state index in [1.807, 2.05) is 0 Å². The van der Waals surface area contributed by atoms with E-state index in [2.05, 4.69) is 10.6 Å². The number of nitrogens with zero attached hydrogens (tertiary/aromatic N) is 2. The third kappa shape index (κ3) is 12.1. The van der Waals surface area contributed by atoms with E-state index in [0.717, 1.165) is 4.90 Å². The molecule has 1 aromatic heterocycles. The van der Waals surface area contributed by atoms with Gasteiger partial charge in [-0.15, -0.1) is 0 Å². The molecule has 0 saturated carbocycles.